The van der Waals surface area contributed by atoms with E-state index in [9.17, 15) is 9.59 Å². The first kappa shape index (κ1) is 12.3. The van der Waals surface area contributed by atoms with Gasteiger partial charge in [0.05, 0.1) is 19.1 Å². The number of morpholine rings is 1. The lowest BCUT2D eigenvalue weighted by atomic mass is 10.0. The Morgan fingerprint density at radius 1 is 1.35 bits per heavy atom. The molecule has 2 saturated heterocycles. The zero-order valence-electron chi connectivity index (χ0n) is 10.1. The average Bonchev–Trinajstić information content (AvgIpc) is 2.26. The van der Waals surface area contributed by atoms with Gasteiger partial charge >= 0.3 is 0 Å². The molecule has 0 saturated carbocycles. The molecule has 0 bridgehead atoms. The maximum Gasteiger partial charge on any atom is 0.245 e. The van der Waals surface area contributed by atoms with Crippen molar-refractivity contribution >= 4 is 11.8 Å². The molecule has 0 aromatic rings. The highest BCUT2D eigenvalue weighted by Crippen LogP contribution is 2.05. The Balaban J connectivity index is 1.79. The van der Waals surface area contributed by atoms with E-state index in [0.29, 0.717) is 39.4 Å². The van der Waals surface area contributed by atoms with Gasteiger partial charge in [0.2, 0.25) is 11.8 Å². The van der Waals surface area contributed by atoms with Crippen molar-refractivity contribution in [2.75, 3.05) is 39.4 Å². The number of rotatable bonds is 3. The van der Waals surface area contributed by atoms with Crippen molar-refractivity contribution in [3.8, 4) is 0 Å². The Labute approximate surface area is 101 Å². The van der Waals surface area contributed by atoms with Crippen LogP contribution in [0.25, 0.3) is 0 Å². The van der Waals surface area contributed by atoms with Crippen molar-refractivity contribution in [3.63, 3.8) is 0 Å². The third-order valence-corrected chi connectivity index (χ3v) is 3.20. The standard InChI is InChI=1S/C11H19N3O3/c1-8(13-10(15)9-6-12-7-9)11(16)14-2-4-17-5-3-14/h8-9,12H,2-7H2,1H3,(H,13,15). The topological polar surface area (TPSA) is 70.7 Å². The summed E-state index contributed by atoms with van der Waals surface area (Å²) >= 11 is 0. The minimum atomic E-state index is -0.443. The SMILES string of the molecule is CC(NC(=O)C1CNC1)C(=O)N1CCOCC1. The van der Waals surface area contributed by atoms with Crippen LogP contribution in [0.2, 0.25) is 0 Å². The van der Waals surface area contributed by atoms with E-state index in [-0.39, 0.29) is 17.7 Å². The molecular formula is C11H19N3O3. The van der Waals surface area contributed by atoms with E-state index in [0.717, 1.165) is 0 Å². The Morgan fingerprint density at radius 3 is 2.53 bits per heavy atom. The molecule has 0 aliphatic carbocycles. The van der Waals surface area contributed by atoms with E-state index in [1.54, 1.807) is 11.8 Å². The lowest BCUT2D eigenvalue weighted by molar-refractivity contribution is -0.140. The molecule has 1 unspecified atom stereocenters. The molecule has 96 valence electrons. The Kier molecular flexibility index (Phi) is 3.96. The van der Waals surface area contributed by atoms with Gasteiger partial charge in [-0.05, 0) is 6.92 Å². The molecule has 0 radical (unpaired) electrons. The summed E-state index contributed by atoms with van der Waals surface area (Å²) in [4.78, 5) is 25.4. The van der Waals surface area contributed by atoms with Crippen LogP contribution < -0.4 is 10.6 Å². The van der Waals surface area contributed by atoms with Crippen LogP contribution in [0.1, 0.15) is 6.92 Å². The molecule has 0 spiro atoms. The van der Waals surface area contributed by atoms with E-state index in [1.807, 2.05) is 0 Å². The molecule has 2 N–H and O–H groups in total. The molecule has 1 atom stereocenters. The van der Waals surface area contributed by atoms with E-state index in [4.69, 9.17) is 4.74 Å². The van der Waals surface area contributed by atoms with Crippen molar-refractivity contribution in [1.82, 2.24) is 15.5 Å². The molecule has 2 aliphatic rings. The van der Waals surface area contributed by atoms with Gasteiger partial charge < -0.3 is 20.3 Å². The number of nitrogens with zero attached hydrogens (tertiary/aromatic N) is 1. The monoisotopic (exact) mass is 241 g/mol. The largest absolute Gasteiger partial charge is 0.378 e. The molecule has 2 rings (SSSR count). The quantitative estimate of drug-likeness (QED) is 0.635. The zero-order valence-corrected chi connectivity index (χ0v) is 10.1. The molecule has 2 heterocycles. The molecule has 2 aliphatic heterocycles. The molecule has 2 fully saturated rings. The van der Waals surface area contributed by atoms with Crippen LogP contribution in [0, 0.1) is 5.92 Å². The highest BCUT2D eigenvalue weighted by Gasteiger charge is 2.29. The number of hydrogen-bond acceptors (Lipinski definition) is 4. The van der Waals surface area contributed by atoms with Crippen LogP contribution in [0.3, 0.4) is 0 Å². The van der Waals surface area contributed by atoms with E-state index < -0.39 is 6.04 Å². The van der Waals surface area contributed by atoms with Crippen molar-refractivity contribution in [2.24, 2.45) is 5.92 Å². The first-order valence-electron chi connectivity index (χ1n) is 6.06. The first-order valence-corrected chi connectivity index (χ1v) is 6.06. The number of nitrogens with one attached hydrogen (secondary N) is 2. The second-order valence-electron chi connectivity index (χ2n) is 4.52. The smallest absolute Gasteiger partial charge is 0.245 e. The Bertz CT molecular complexity index is 298. The highest BCUT2D eigenvalue weighted by molar-refractivity contribution is 5.88. The fraction of sp³-hybridized carbons (Fsp3) is 0.818. The van der Waals surface area contributed by atoms with E-state index in [1.165, 1.54) is 0 Å². The van der Waals surface area contributed by atoms with Crippen LogP contribution in [0.15, 0.2) is 0 Å². The van der Waals surface area contributed by atoms with Gasteiger partial charge in [0.1, 0.15) is 6.04 Å². The predicted molar refractivity (Wildman–Crippen MR) is 61.4 cm³/mol. The molecular weight excluding hydrogens is 222 g/mol. The Hall–Kier alpha value is -1.14. The average molecular weight is 241 g/mol. The van der Waals surface area contributed by atoms with Crippen LogP contribution in [-0.4, -0.2) is 62.1 Å². The molecule has 17 heavy (non-hydrogen) atoms. The summed E-state index contributed by atoms with van der Waals surface area (Å²) in [6, 6.07) is -0.443. The second-order valence-corrected chi connectivity index (χ2v) is 4.52. The van der Waals surface area contributed by atoms with Gasteiger partial charge in [0.25, 0.3) is 0 Å². The van der Waals surface area contributed by atoms with Crippen LogP contribution in [-0.2, 0) is 14.3 Å². The third kappa shape index (κ3) is 2.95. The number of hydrogen-bond donors (Lipinski definition) is 2. The summed E-state index contributed by atoms with van der Waals surface area (Å²) in [6.07, 6.45) is 0. The normalized spacial score (nSPS) is 22.8. The lowest BCUT2D eigenvalue weighted by Gasteiger charge is -2.31. The minimum absolute atomic E-state index is 0.0195. The summed E-state index contributed by atoms with van der Waals surface area (Å²) in [5.41, 5.74) is 0. The highest BCUT2D eigenvalue weighted by atomic mass is 16.5. The summed E-state index contributed by atoms with van der Waals surface area (Å²) in [7, 11) is 0. The van der Waals surface area contributed by atoms with Crippen LogP contribution in [0.5, 0.6) is 0 Å². The van der Waals surface area contributed by atoms with Gasteiger partial charge in [-0.25, -0.2) is 0 Å². The lowest BCUT2D eigenvalue weighted by Crippen LogP contribution is -2.56. The van der Waals surface area contributed by atoms with E-state index in [2.05, 4.69) is 10.6 Å². The first-order chi connectivity index (χ1) is 8.18. The van der Waals surface area contributed by atoms with Crippen molar-refractivity contribution in [2.45, 2.75) is 13.0 Å². The summed E-state index contributed by atoms with van der Waals surface area (Å²) in [5.74, 6) is -0.0262. The van der Waals surface area contributed by atoms with Crippen LogP contribution in [0.4, 0.5) is 0 Å². The number of carbonyl (C=O) groups excluding carboxylic acids is 2. The fourth-order valence-corrected chi connectivity index (χ4v) is 1.92. The van der Waals surface area contributed by atoms with Crippen molar-refractivity contribution in [3.05, 3.63) is 0 Å². The minimum Gasteiger partial charge on any atom is -0.378 e. The molecule has 0 aromatic carbocycles. The molecule has 6 heteroatoms. The molecule has 6 nitrogen and oxygen atoms in total. The van der Waals surface area contributed by atoms with Crippen molar-refractivity contribution < 1.29 is 14.3 Å². The second kappa shape index (κ2) is 5.46. The van der Waals surface area contributed by atoms with Gasteiger partial charge in [-0.15, -0.1) is 0 Å². The summed E-state index contributed by atoms with van der Waals surface area (Å²) in [6.45, 7) is 5.56. The predicted octanol–water partition coefficient (Wildman–Crippen LogP) is -1.43. The third-order valence-electron chi connectivity index (χ3n) is 3.20. The fourth-order valence-electron chi connectivity index (χ4n) is 1.92. The van der Waals surface area contributed by atoms with Gasteiger partial charge in [-0.3, -0.25) is 9.59 Å². The van der Waals surface area contributed by atoms with Crippen molar-refractivity contribution in [1.29, 1.82) is 0 Å². The van der Waals surface area contributed by atoms with E-state index >= 15 is 0 Å². The van der Waals surface area contributed by atoms with Gasteiger partial charge in [-0.2, -0.15) is 0 Å². The number of ether oxygens (including phenoxy) is 1. The van der Waals surface area contributed by atoms with Gasteiger partial charge in [0.15, 0.2) is 0 Å². The van der Waals surface area contributed by atoms with Crippen LogP contribution >= 0.6 is 0 Å². The molecule has 2 amide bonds. The Morgan fingerprint density at radius 2 is 2.00 bits per heavy atom. The maximum absolute atomic E-state index is 12.0. The molecule has 0 aromatic heterocycles. The number of amides is 2. The summed E-state index contributed by atoms with van der Waals surface area (Å²) in [5, 5.41) is 5.80. The zero-order chi connectivity index (χ0) is 12.3. The van der Waals surface area contributed by atoms with Gasteiger partial charge in [0, 0.05) is 26.2 Å². The number of carbonyl (C=O) groups is 2. The van der Waals surface area contributed by atoms with Gasteiger partial charge in [-0.1, -0.05) is 0 Å². The summed E-state index contributed by atoms with van der Waals surface area (Å²) < 4.78 is 5.19. The maximum atomic E-state index is 12.0.